The number of aromatic nitrogens is 3. The molecular weight excluding hydrogens is 429 g/mol. The number of anilines is 2. The molecule has 2 N–H and O–H groups in total. The number of rotatable bonds is 7. The third-order valence-corrected chi connectivity index (χ3v) is 5.79. The standard InChI is InChI=1S/C23H20FN5O2S/c1-15(32-14-21(30)26-18-9-5-17(24)6-10-18)22(31)27-19-7-3-16(4-8-19)20-13-29-12-2-11-25-23(29)28-20/h2-13,15H,14H2,1H3,(H,26,30)(H,27,31). The first-order valence-electron chi connectivity index (χ1n) is 9.86. The predicted octanol–water partition coefficient (Wildman–Crippen LogP) is 4.23. The van der Waals surface area contributed by atoms with Crippen LogP contribution in [-0.4, -0.2) is 37.2 Å². The smallest absolute Gasteiger partial charge is 0.237 e. The van der Waals surface area contributed by atoms with Gasteiger partial charge in [-0.25, -0.2) is 14.4 Å². The number of halogens is 1. The number of benzene rings is 2. The van der Waals surface area contributed by atoms with E-state index in [0.29, 0.717) is 17.2 Å². The number of hydrogen-bond acceptors (Lipinski definition) is 5. The lowest BCUT2D eigenvalue weighted by atomic mass is 10.1. The van der Waals surface area contributed by atoms with E-state index >= 15 is 0 Å². The maximum absolute atomic E-state index is 12.9. The van der Waals surface area contributed by atoms with Crippen molar-refractivity contribution in [3.8, 4) is 11.3 Å². The molecule has 0 aliphatic heterocycles. The molecule has 2 heterocycles. The summed E-state index contributed by atoms with van der Waals surface area (Å²) in [5.41, 5.74) is 2.87. The third kappa shape index (κ3) is 5.30. The van der Waals surface area contributed by atoms with Gasteiger partial charge in [0.15, 0.2) is 0 Å². The number of thioether (sulfide) groups is 1. The maximum Gasteiger partial charge on any atom is 0.237 e. The summed E-state index contributed by atoms with van der Waals surface area (Å²) < 4.78 is 14.8. The quantitative estimate of drug-likeness (QED) is 0.441. The second kappa shape index (κ2) is 9.61. The van der Waals surface area contributed by atoms with Crippen LogP contribution in [0.1, 0.15) is 6.92 Å². The molecule has 0 saturated carbocycles. The molecule has 32 heavy (non-hydrogen) atoms. The first-order valence-corrected chi connectivity index (χ1v) is 10.9. The second-order valence-electron chi connectivity index (χ2n) is 7.03. The largest absolute Gasteiger partial charge is 0.325 e. The number of fused-ring (bicyclic) bond motifs is 1. The average molecular weight is 450 g/mol. The van der Waals surface area contributed by atoms with Crippen LogP contribution in [0.3, 0.4) is 0 Å². The van der Waals surface area contributed by atoms with Crippen LogP contribution < -0.4 is 10.6 Å². The summed E-state index contributed by atoms with van der Waals surface area (Å²) in [7, 11) is 0. The van der Waals surface area contributed by atoms with Gasteiger partial charge >= 0.3 is 0 Å². The molecule has 2 amide bonds. The maximum atomic E-state index is 12.9. The Bertz CT molecular complexity index is 1210. The number of nitrogens with zero attached hydrogens (tertiary/aromatic N) is 3. The van der Waals surface area contributed by atoms with Gasteiger partial charge in [0.25, 0.3) is 0 Å². The van der Waals surface area contributed by atoms with E-state index in [1.165, 1.54) is 36.0 Å². The molecule has 0 spiro atoms. The lowest BCUT2D eigenvalue weighted by molar-refractivity contribution is -0.115. The molecule has 9 heteroatoms. The zero-order chi connectivity index (χ0) is 22.5. The Hall–Kier alpha value is -3.72. The van der Waals surface area contributed by atoms with Gasteiger partial charge in [0.1, 0.15) is 5.82 Å². The summed E-state index contributed by atoms with van der Waals surface area (Å²) in [5.74, 6) is -0.102. The highest BCUT2D eigenvalue weighted by molar-refractivity contribution is 8.01. The fourth-order valence-corrected chi connectivity index (χ4v) is 3.63. The van der Waals surface area contributed by atoms with Crippen LogP contribution in [0.5, 0.6) is 0 Å². The van der Waals surface area contributed by atoms with Crippen molar-refractivity contribution < 1.29 is 14.0 Å². The SMILES string of the molecule is CC(SCC(=O)Nc1ccc(F)cc1)C(=O)Nc1ccc(-c2cn3cccnc3n2)cc1. The van der Waals surface area contributed by atoms with E-state index in [9.17, 15) is 14.0 Å². The fraction of sp³-hybridized carbons (Fsp3) is 0.130. The molecule has 2 aromatic carbocycles. The van der Waals surface area contributed by atoms with Gasteiger partial charge in [-0.15, -0.1) is 11.8 Å². The summed E-state index contributed by atoms with van der Waals surface area (Å²) in [6, 6.07) is 14.7. The monoisotopic (exact) mass is 449 g/mol. The van der Waals surface area contributed by atoms with Gasteiger partial charge in [0.2, 0.25) is 17.6 Å². The molecule has 0 fully saturated rings. The summed E-state index contributed by atoms with van der Waals surface area (Å²) >= 11 is 1.22. The van der Waals surface area contributed by atoms with Crippen LogP contribution in [-0.2, 0) is 9.59 Å². The number of amides is 2. The van der Waals surface area contributed by atoms with Gasteiger partial charge in [-0.2, -0.15) is 0 Å². The highest BCUT2D eigenvalue weighted by atomic mass is 32.2. The number of nitrogens with one attached hydrogen (secondary N) is 2. The molecule has 0 saturated heterocycles. The first kappa shape index (κ1) is 21.5. The van der Waals surface area contributed by atoms with Crippen LogP contribution in [0.15, 0.2) is 73.2 Å². The van der Waals surface area contributed by atoms with Crippen LogP contribution in [0.4, 0.5) is 15.8 Å². The fourth-order valence-electron chi connectivity index (χ4n) is 2.94. The van der Waals surface area contributed by atoms with Crippen molar-refractivity contribution in [2.75, 3.05) is 16.4 Å². The number of hydrogen-bond donors (Lipinski definition) is 2. The van der Waals surface area contributed by atoms with E-state index in [-0.39, 0.29) is 23.4 Å². The Balaban J connectivity index is 1.29. The summed E-state index contributed by atoms with van der Waals surface area (Å²) in [6.07, 6.45) is 5.47. The van der Waals surface area contributed by atoms with Crippen molar-refractivity contribution in [3.63, 3.8) is 0 Å². The van der Waals surface area contributed by atoms with Crippen molar-refractivity contribution in [2.45, 2.75) is 12.2 Å². The highest BCUT2D eigenvalue weighted by Gasteiger charge is 2.16. The number of imidazole rings is 1. The molecule has 4 aromatic rings. The van der Waals surface area contributed by atoms with Crippen molar-refractivity contribution in [1.29, 1.82) is 0 Å². The molecule has 0 radical (unpaired) electrons. The molecule has 4 rings (SSSR count). The van der Waals surface area contributed by atoms with E-state index in [1.54, 1.807) is 13.1 Å². The zero-order valence-corrected chi connectivity index (χ0v) is 18.0. The van der Waals surface area contributed by atoms with E-state index in [4.69, 9.17) is 0 Å². The topological polar surface area (TPSA) is 88.4 Å². The molecule has 1 atom stereocenters. The van der Waals surface area contributed by atoms with E-state index < -0.39 is 5.25 Å². The minimum Gasteiger partial charge on any atom is -0.325 e. The number of carbonyl (C=O) groups is 2. The average Bonchev–Trinajstić information content (AvgIpc) is 3.24. The predicted molar refractivity (Wildman–Crippen MR) is 124 cm³/mol. The lowest BCUT2D eigenvalue weighted by Gasteiger charge is -2.12. The molecule has 0 aliphatic carbocycles. The molecule has 162 valence electrons. The third-order valence-electron chi connectivity index (χ3n) is 4.65. The minimum atomic E-state index is -0.432. The summed E-state index contributed by atoms with van der Waals surface area (Å²) in [4.78, 5) is 33.2. The molecule has 0 aliphatic rings. The van der Waals surface area contributed by atoms with Crippen molar-refractivity contribution >= 4 is 40.7 Å². The zero-order valence-electron chi connectivity index (χ0n) is 17.2. The summed E-state index contributed by atoms with van der Waals surface area (Å²) in [5, 5.41) is 5.10. The van der Waals surface area contributed by atoms with Gasteiger partial charge in [0, 0.05) is 35.5 Å². The Morgan fingerprint density at radius 2 is 1.75 bits per heavy atom. The van der Waals surface area contributed by atoms with Crippen molar-refractivity contribution in [3.05, 3.63) is 79.0 Å². The normalized spacial score (nSPS) is 11.8. The number of carbonyl (C=O) groups excluding carboxylic acids is 2. The van der Waals surface area contributed by atoms with Crippen molar-refractivity contribution in [1.82, 2.24) is 14.4 Å². The molecule has 7 nitrogen and oxygen atoms in total. The molecule has 1 unspecified atom stereocenters. The molecule has 2 aromatic heterocycles. The van der Waals surface area contributed by atoms with E-state index in [0.717, 1.165) is 11.3 Å². The van der Waals surface area contributed by atoms with Gasteiger partial charge in [-0.3, -0.25) is 14.0 Å². The van der Waals surface area contributed by atoms with E-state index in [1.807, 2.05) is 47.1 Å². The van der Waals surface area contributed by atoms with Gasteiger partial charge in [-0.1, -0.05) is 12.1 Å². The Labute approximate surface area is 188 Å². The van der Waals surface area contributed by atoms with Gasteiger partial charge in [-0.05, 0) is 49.4 Å². The Kier molecular flexibility index (Phi) is 6.46. The minimum absolute atomic E-state index is 0.104. The van der Waals surface area contributed by atoms with Crippen LogP contribution in [0, 0.1) is 5.82 Å². The summed E-state index contributed by atoms with van der Waals surface area (Å²) in [6.45, 7) is 1.74. The second-order valence-corrected chi connectivity index (χ2v) is 8.36. The lowest BCUT2D eigenvalue weighted by Crippen LogP contribution is -2.25. The molecular formula is C23H20FN5O2S. The van der Waals surface area contributed by atoms with Crippen molar-refractivity contribution in [2.24, 2.45) is 0 Å². The van der Waals surface area contributed by atoms with Crippen LogP contribution in [0.2, 0.25) is 0 Å². The van der Waals surface area contributed by atoms with Crippen LogP contribution in [0.25, 0.3) is 17.0 Å². The van der Waals surface area contributed by atoms with Gasteiger partial charge < -0.3 is 10.6 Å². The van der Waals surface area contributed by atoms with Gasteiger partial charge in [0.05, 0.1) is 16.7 Å². The Morgan fingerprint density at radius 3 is 2.47 bits per heavy atom. The van der Waals surface area contributed by atoms with E-state index in [2.05, 4.69) is 20.6 Å². The Morgan fingerprint density at radius 1 is 1.06 bits per heavy atom. The van der Waals surface area contributed by atoms with Crippen LogP contribution >= 0.6 is 11.8 Å². The first-order chi connectivity index (χ1) is 15.5. The molecule has 0 bridgehead atoms. The highest BCUT2D eigenvalue weighted by Crippen LogP contribution is 2.22.